The summed E-state index contributed by atoms with van der Waals surface area (Å²) in [5, 5.41) is 14.8. The highest BCUT2D eigenvalue weighted by Gasteiger charge is 2.03. The van der Waals surface area contributed by atoms with E-state index in [0.29, 0.717) is 24.2 Å². The Balaban J connectivity index is 1.71. The number of hydrogen-bond donors (Lipinski definition) is 2. The third-order valence-corrected chi connectivity index (χ3v) is 3.40. The Morgan fingerprint density at radius 3 is 2.55 bits per heavy atom. The number of benzene rings is 2. The second kappa shape index (κ2) is 7.96. The standard InChI is InChI=1S/C18H19N3O/c1-14-4-2-3-5-16(14)13-20-11-10-18(22)21-17-8-6-15(12-19)7-9-17/h2-9,20H,10-11,13H2,1H3,(H,21,22). The van der Waals surface area contributed by atoms with E-state index in [-0.39, 0.29) is 5.91 Å². The summed E-state index contributed by atoms with van der Waals surface area (Å²) >= 11 is 0. The van der Waals surface area contributed by atoms with Crippen molar-refractivity contribution in [1.82, 2.24) is 5.32 Å². The molecular weight excluding hydrogens is 274 g/mol. The van der Waals surface area contributed by atoms with Crippen molar-refractivity contribution in [1.29, 1.82) is 5.26 Å². The Labute approximate surface area is 130 Å². The Kier molecular flexibility index (Phi) is 5.70. The smallest absolute Gasteiger partial charge is 0.225 e. The van der Waals surface area contributed by atoms with E-state index in [4.69, 9.17) is 5.26 Å². The Bertz CT molecular complexity index is 671. The summed E-state index contributed by atoms with van der Waals surface area (Å²) in [6.45, 7) is 3.46. The maximum Gasteiger partial charge on any atom is 0.225 e. The molecule has 112 valence electrons. The van der Waals surface area contributed by atoms with Crippen LogP contribution in [0.4, 0.5) is 5.69 Å². The molecule has 22 heavy (non-hydrogen) atoms. The molecule has 0 aliphatic rings. The summed E-state index contributed by atoms with van der Waals surface area (Å²) in [7, 11) is 0. The van der Waals surface area contributed by atoms with Crippen molar-refractivity contribution in [3.05, 3.63) is 65.2 Å². The number of nitrogens with zero attached hydrogens (tertiary/aromatic N) is 1. The summed E-state index contributed by atoms with van der Waals surface area (Å²) in [6.07, 6.45) is 0.409. The first kappa shape index (κ1) is 15.7. The third kappa shape index (κ3) is 4.72. The van der Waals surface area contributed by atoms with Crippen molar-refractivity contribution < 1.29 is 4.79 Å². The first-order valence-electron chi connectivity index (χ1n) is 7.24. The topological polar surface area (TPSA) is 64.9 Å². The lowest BCUT2D eigenvalue weighted by atomic mass is 10.1. The third-order valence-electron chi connectivity index (χ3n) is 3.40. The molecule has 2 N–H and O–H groups in total. The molecule has 2 rings (SSSR count). The quantitative estimate of drug-likeness (QED) is 0.805. The Morgan fingerprint density at radius 1 is 1.14 bits per heavy atom. The SMILES string of the molecule is Cc1ccccc1CNCCC(=O)Nc1ccc(C#N)cc1. The molecule has 0 aliphatic carbocycles. The number of anilines is 1. The fourth-order valence-electron chi connectivity index (χ4n) is 2.08. The molecular formula is C18H19N3O. The number of nitrogens with one attached hydrogen (secondary N) is 2. The van der Waals surface area contributed by atoms with E-state index in [1.54, 1.807) is 24.3 Å². The summed E-state index contributed by atoms with van der Waals surface area (Å²) in [4.78, 5) is 11.8. The zero-order chi connectivity index (χ0) is 15.8. The van der Waals surface area contributed by atoms with Crippen LogP contribution in [0.1, 0.15) is 23.1 Å². The maximum atomic E-state index is 11.8. The van der Waals surface area contributed by atoms with E-state index in [2.05, 4.69) is 29.7 Å². The molecule has 0 saturated carbocycles. The number of rotatable bonds is 6. The van der Waals surface area contributed by atoms with Crippen LogP contribution in [0.25, 0.3) is 0 Å². The van der Waals surface area contributed by atoms with Gasteiger partial charge >= 0.3 is 0 Å². The van der Waals surface area contributed by atoms with Crippen LogP contribution in [0.3, 0.4) is 0 Å². The lowest BCUT2D eigenvalue weighted by Crippen LogP contribution is -2.21. The number of carbonyl (C=O) groups is 1. The molecule has 0 spiro atoms. The van der Waals surface area contributed by atoms with Crippen LogP contribution in [-0.4, -0.2) is 12.5 Å². The lowest BCUT2D eigenvalue weighted by molar-refractivity contribution is -0.116. The largest absolute Gasteiger partial charge is 0.326 e. The predicted molar refractivity (Wildman–Crippen MR) is 87.3 cm³/mol. The number of amides is 1. The van der Waals surface area contributed by atoms with Crippen molar-refractivity contribution in [3.8, 4) is 6.07 Å². The van der Waals surface area contributed by atoms with Gasteiger partial charge in [0.1, 0.15) is 0 Å². The van der Waals surface area contributed by atoms with Crippen LogP contribution in [0.15, 0.2) is 48.5 Å². The van der Waals surface area contributed by atoms with Gasteiger partial charge in [-0.05, 0) is 42.3 Å². The fraction of sp³-hybridized carbons (Fsp3) is 0.222. The molecule has 0 saturated heterocycles. The van der Waals surface area contributed by atoms with Gasteiger partial charge in [0.05, 0.1) is 11.6 Å². The highest BCUT2D eigenvalue weighted by Crippen LogP contribution is 2.09. The van der Waals surface area contributed by atoms with Gasteiger partial charge in [0.2, 0.25) is 5.91 Å². The maximum absolute atomic E-state index is 11.8. The van der Waals surface area contributed by atoms with Gasteiger partial charge in [-0.2, -0.15) is 5.26 Å². The molecule has 0 aliphatic heterocycles. The Morgan fingerprint density at radius 2 is 1.86 bits per heavy atom. The number of hydrogen-bond acceptors (Lipinski definition) is 3. The molecule has 1 amide bonds. The fourth-order valence-corrected chi connectivity index (χ4v) is 2.08. The summed E-state index contributed by atoms with van der Waals surface area (Å²) in [5.41, 5.74) is 3.79. The van der Waals surface area contributed by atoms with Crippen LogP contribution in [0, 0.1) is 18.3 Å². The number of aryl methyl sites for hydroxylation is 1. The highest BCUT2D eigenvalue weighted by molar-refractivity contribution is 5.90. The molecule has 0 atom stereocenters. The monoisotopic (exact) mass is 293 g/mol. The van der Waals surface area contributed by atoms with Crippen molar-refractivity contribution in [2.45, 2.75) is 19.9 Å². The van der Waals surface area contributed by atoms with Gasteiger partial charge in [-0.15, -0.1) is 0 Å². The molecule has 4 nitrogen and oxygen atoms in total. The van der Waals surface area contributed by atoms with Crippen LogP contribution >= 0.6 is 0 Å². The summed E-state index contributed by atoms with van der Waals surface area (Å²) in [6, 6.07) is 17.1. The van der Waals surface area contributed by atoms with Gasteiger partial charge < -0.3 is 10.6 Å². The second-order valence-electron chi connectivity index (χ2n) is 5.09. The molecule has 0 bridgehead atoms. The minimum Gasteiger partial charge on any atom is -0.326 e. The van der Waals surface area contributed by atoms with Crippen molar-refractivity contribution in [2.24, 2.45) is 0 Å². The normalized spacial score (nSPS) is 10.0. The minimum absolute atomic E-state index is 0.0398. The molecule has 0 unspecified atom stereocenters. The van der Waals surface area contributed by atoms with Crippen molar-refractivity contribution in [2.75, 3.05) is 11.9 Å². The van der Waals surface area contributed by atoms with E-state index >= 15 is 0 Å². The van der Waals surface area contributed by atoms with Gasteiger partial charge in [0.25, 0.3) is 0 Å². The number of carbonyl (C=O) groups excluding carboxylic acids is 1. The van der Waals surface area contributed by atoms with Crippen LogP contribution < -0.4 is 10.6 Å². The van der Waals surface area contributed by atoms with Gasteiger partial charge in [-0.25, -0.2) is 0 Å². The van der Waals surface area contributed by atoms with Gasteiger partial charge in [0.15, 0.2) is 0 Å². The zero-order valence-electron chi connectivity index (χ0n) is 12.6. The van der Waals surface area contributed by atoms with Gasteiger partial charge in [-0.1, -0.05) is 24.3 Å². The van der Waals surface area contributed by atoms with Crippen molar-refractivity contribution in [3.63, 3.8) is 0 Å². The minimum atomic E-state index is -0.0398. The number of nitriles is 1. The first-order chi connectivity index (χ1) is 10.7. The molecule has 0 heterocycles. The molecule has 4 heteroatoms. The molecule has 2 aromatic rings. The van der Waals surface area contributed by atoms with Crippen molar-refractivity contribution >= 4 is 11.6 Å². The van der Waals surface area contributed by atoms with E-state index in [9.17, 15) is 4.79 Å². The van der Waals surface area contributed by atoms with Crippen LogP contribution in [0.2, 0.25) is 0 Å². The molecule has 0 radical (unpaired) electrons. The van der Waals surface area contributed by atoms with E-state index in [0.717, 1.165) is 6.54 Å². The van der Waals surface area contributed by atoms with E-state index in [1.807, 2.05) is 18.2 Å². The summed E-state index contributed by atoms with van der Waals surface area (Å²) < 4.78 is 0. The van der Waals surface area contributed by atoms with Crippen LogP contribution in [-0.2, 0) is 11.3 Å². The second-order valence-corrected chi connectivity index (χ2v) is 5.09. The lowest BCUT2D eigenvalue weighted by Gasteiger charge is -2.08. The summed E-state index contributed by atoms with van der Waals surface area (Å²) in [5.74, 6) is -0.0398. The Hall–Kier alpha value is -2.64. The average molecular weight is 293 g/mol. The van der Waals surface area contributed by atoms with E-state index in [1.165, 1.54) is 11.1 Å². The molecule has 0 fully saturated rings. The highest BCUT2D eigenvalue weighted by atomic mass is 16.1. The average Bonchev–Trinajstić information content (AvgIpc) is 2.54. The van der Waals surface area contributed by atoms with Gasteiger partial charge in [0, 0.05) is 25.2 Å². The van der Waals surface area contributed by atoms with E-state index < -0.39 is 0 Å². The first-order valence-corrected chi connectivity index (χ1v) is 7.24. The molecule has 2 aromatic carbocycles. The van der Waals surface area contributed by atoms with Crippen LogP contribution in [0.5, 0.6) is 0 Å². The molecule has 0 aromatic heterocycles. The zero-order valence-corrected chi connectivity index (χ0v) is 12.6. The predicted octanol–water partition coefficient (Wildman–Crippen LogP) is 2.99. The van der Waals surface area contributed by atoms with Gasteiger partial charge in [-0.3, -0.25) is 4.79 Å².